The molecule has 1 aliphatic rings. The maximum atomic E-state index is 13.2. The van der Waals surface area contributed by atoms with Gasteiger partial charge in [-0.15, -0.1) is 0 Å². The molecular formula is C11H12FN3O2S. The van der Waals surface area contributed by atoms with E-state index in [1.54, 1.807) is 13.8 Å². The van der Waals surface area contributed by atoms with Crippen LogP contribution in [0.3, 0.4) is 0 Å². The number of nitrogens with one attached hydrogen (secondary N) is 1. The van der Waals surface area contributed by atoms with Crippen LogP contribution >= 0.6 is 0 Å². The molecule has 0 radical (unpaired) electrons. The molecule has 0 unspecified atom stereocenters. The van der Waals surface area contributed by atoms with E-state index in [-0.39, 0.29) is 17.8 Å². The number of hydrogen-bond acceptors (Lipinski definition) is 3. The molecule has 96 valence electrons. The van der Waals surface area contributed by atoms with E-state index < -0.39 is 21.6 Å². The van der Waals surface area contributed by atoms with Gasteiger partial charge in [0.1, 0.15) is 11.9 Å². The Morgan fingerprint density at radius 1 is 1.50 bits per heavy atom. The van der Waals surface area contributed by atoms with Crippen molar-refractivity contribution < 1.29 is 12.8 Å². The normalized spacial score (nSPS) is 20.7. The van der Waals surface area contributed by atoms with Crippen LogP contribution in [0.2, 0.25) is 0 Å². The van der Waals surface area contributed by atoms with E-state index in [1.807, 2.05) is 6.07 Å². The average molecular weight is 269 g/mol. The fourth-order valence-electron chi connectivity index (χ4n) is 1.90. The van der Waals surface area contributed by atoms with E-state index >= 15 is 0 Å². The van der Waals surface area contributed by atoms with Crippen LogP contribution in [-0.2, 0) is 10.2 Å². The van der Waals surface area contributed by atoms with Crippen LogP contribution in [0.25, 0.3) is 0 Å². The smallest absolute Gasteiger partial charge is 0.254 e. The Morgan fingerprint density at radius 3 is 2.67 bits per heavy atom. The Kier molecular flexibility index (Phi) is 2.80. The standard InChI is InChI=1S/C11H12FN3O2S/c1-11(2)7-15(18(16,17)14-11)10-5-9(12)4-3-8(10)6-13/h3-5,14H,7H2,1-2H3. The van der Waals surface area contributed by atoms with Gasteiger partial charge >= 0.3 is 10.2 Å². The molecule has 7 heteroatoms. The first-order valence-electron chi connectivity index (χ1n) is 5.26. The van der Waals surface area contributed by atoms with Crippen molar-refractivity contribution in [2.45, 2.75) is 19.4 Å². The van der Waals surface area contributed by atoms with Gasteiger partial charge in [-0.2, -0.15) is 18.4 Å². The summed E-state index contributed by atoms with van der Waals surface area (Å²) in [5.41, 5.74) is -0.465. The van der Waals surface area contributed by atoms with Gasteiger partial charge in [0.2, 0.25) is 0 Å². The van der Waals surface area contributed by atoms with Gasteiger partial charge in [-0.05, 0) is 32.0 Å². The van der Waals surface area contributed by atoms with Gasteiger partial charge in [0.05, 0.1) is 17.8 Å². The number of halogens is 1. The molecule has 1 saturated heterocycles. The zero-order valence-corrected chi connectivity index (χ0v) is 10.8. The highest BCUT2D eigenvalue weighted by Gasteiger charge is 2.41. The van der Waals surface area contributed by atoms with E-state index in [4.69, 9.17) is 5.26 Å². The Hall–Kier alpha value is -1.65. The summed E-state index contributed by atoms with van der Waals surface area (Å²) in [5, 5.41) is 8.96. The molecule has 1 aliphatic heterocycles. The molecule has 0 spiro atoms. The minimum absolute atomic E-state index is 0.0653. The molecular weight excluding hydrogens is 257 g/mol. The van der Waals surface area contributed by atoms with E-state index in [9.17, 15) is 12.8 Å². The van der Waals surface area contributed by atoms with Crippen molar-refractivity contribution >= 4 is 15.9 Å². The number of hydrogen-bond donors (Lipinski definition) is 1. The molecule has 0 aliphatic carbocycles. The van der Waals surface area contributed by atoms with E-state index in [0.717, 1.165) is 16.4 Å². The van der Waals surface area contributed by atoms with Crippen LogP contribution < -0.4 is 9.03 Å². The molecule has 0 amide bonds. The monoisotopic (exact) mass is 269 g/mol. The quantitative estimate of drug-likeness (QED) is 0.830. The van der Waals surface area contributed by atoms with Crippen molar-refractivity contribution in [1.82, 2.24) is 4.72 Å². The van der Waals surface area contributed by atoms with E-state index in [2.05, 4.69) is 4.72 Å². The number of anilines is 1. The van der Waals surface area contributed by atoms with Crippen molar-refractivity contribution in [3.05, 3.63) is 29.6 Å². The van der Waals surface area contributed by atoms with Crippen molar-refractivity contribution in [2.24, 2.45) is 0 Å². The average Bonchev–Trinajstić information content (AvgIpc) is 2.46. The van der Waals surface area contributed by atoms with Crippen molar-refractivity contribution in [3.63, 3.8) is 0 Å². The molecule has 0 aromatic heterocycles. The summed E-state index contributed by atoms with van der Waals surface area (Å²) in [6.45, 7) is 3.58. The molecule has 1 aromatic rings. The Balaban J connectivity index is 2.57. The van der Waals surface area contributed by atoms with Crippen LogP contribution in [0.15, 0.2) is 18.2 Å². The van der Waals surface area contributed by atoms with Crippen LogP contribution in [0.4, 0.5) is 10.1 Å². The lowest BCUT2D eigenvalue weighted by atomic mass is 10.1. The lowest BCUT2D eigenvalue weighted by Gasteiger charge is -2.18. The highest BCUT2D eigenvalue weighted by atomic mass is 32.2. The van der Waals surface area contributed by atoms with Crippen molar-refractivity contribution in [1.29, 1.82) is 5.26 Å². The van der Waals surface area contributed by atoms with E-state index in [1.165, 1.54) is 6.07 Å². The number of rotatable bonds is 1. The SMILES string of the molecule is CC1(C)CN(c2cc(F)ccc2C#N)S(=O)(=O)N1. The predicted molar refractivity (Wildman–Crippen MR) is 64.6 cm³/mol. The molecule has 1 heterocycles. The van der Waals surface area contributed by atoms with Crippen LogP contribution in [0.1, 0.15) is 19.4 Å². The third kappa shape index (κ3) is 2.17. The zero-order valence-electron chi connectivity index (χ0n) is 9.94. The summed E-state index contributed by atoms with van der Waals surface area (Å²) < 4.78 is 40.6. The second-order valence-corrected chi connectivity index (χ2v) is 6.37. The van der Waals surface area contributed by atoms with Gasteiger partial charge in [0, 0.05) is 5.54 Å². The Labute approximate surface area is 105 Å². The van der Waals surface area contributed by atoms with Gasteiger partial charge in [0.25, 0.3) is 0 Å². The number of nitriles is 1. The molecule has 1 N–H and O–H groups in total. The molecule has 1 aromatic carbocycles. The fraction of sp³-hybridized carbons (Fsp3) is 0.364. The molecule has 5 nitrogen and oxygen atoms in total. The summed E-state index contributed by atoms with van der Waals surface area (Å²) in [5.74, 6) is -0.580. The topological polar surface area (TPSA) is 73.2 Å². The van der Waals surface area contributed by atoms with Crippen molar-refractivity contribution in [2.75, 3.05) is 10.8 Å². The molecule has 0 saturated carbocycles. The predicted octanol–water partition coefficient (Wildman–Crippen LogP) is 1.13. The van der Waals surface area contributed by atoms with Crippen molar-refractivity contribution in [3.8, 4) is 6.07 Å². The van der Waals surface area contributed by atoms with Crippen LogP contribution in [0.5, 0.6) is 0 Å². The van der Waals surface area contributed by atoms with Gasteiger partial charge in [-0.25, -0.2) is 4.39 Å². The summed E-state index contributed by atoms with van der Waals surface area (Å²) in [4.78, 5) is 0. The van der Waals surface area contributed by atoms with Gasteiger partial charge in [-0.1, -0.05) is 0 Å². The minimum Gasteiger partial charge on any atom is -0.254 e. The Bertz CT molecular complexity index is 634. The fourth-order valence-corrected chi connectivity index (χ4v) is 3.68. The summed E-state index contributed by atoms with van der Waals surface area (Å²) in [7, 11) is -3.73. The van der Waals surface area contributed by atoms with Crippen LogP contribution in [-0.4, -0.2) is 20.5 Å². The second-order valence-electron chi connectivity index (χ2n) is 4.77. The molecule has 1 fully saturated rings. The lowest BCUT2D eigenvalue weighted by molar-refractivity contribution is 0.508. The minimum atomic E-state index is -3.73. The van der Waals surface area contributed by atoms with E-state index in [0.29, 0.717) is 0 Å². The zero-order chi connectivity index (χ0) is 13.6. The largest absolute Gasteiger partial charge is 0.302 e. The summed E-state index contributed by atoms with van der Waals surface area (Å²) >= 11 is 0. The molecule has 2 rings (SSSR count). The number of benzene rings is 1. The summed E-state index contributed by atoms with van der Waals surface area (Å²) in [6, 6.07) is 5.32. The Morgan fingerprint density at radius 2 is 2.17 bits per heavy atom. The third-order valence-corrected chi connectivity index (χ3v) is 4.30. The summed E-state index contributed by atoms with van der Waals surface area (Å²) in [6.07, 6.45) is 0. The maximum absolute atomic E-state index is 13.2. The molecule has 0 atom stereocenters. The first-order valence-corrected chi connectivity index (χ1v) is 6.70. The second kappa shape index (κ2) is 3.93. The third-order valence-electron chi connectivity index (χ3n) is 2.58. The molecule has 0 bridgehead atoms. The lowest BCUT2D eigenvalue weighted by Crippen LogP contribution is -2.36. The highest BCUT2D eigenvalue weighted by molar-refractivity contribution is 7.91. The molecule has 18 heavy (non-hydrogen) atoms. The maximum Gasteiger partial charge on any atom is 0.302 e. The van der Waals surface area contributed by atoms with Crippen LogP contribution in [0, 0.1) is 17.1 Å². The first kappa shape index (κ1) is 12.8. The number of nitrogens with zero attached hydrogens (tertiary/aromatic N) is 2. The van der Waals surface area contributed by atoms with Gasteiger partial charge < -0.3 is 0 Å². The van der Waals surface area contributed by atoms with Gasteiger partial charge in [0.15, 0.2) is 0 Å². The first-order chi connectivity index (χ1) is 8.25. The van der Waals surface area contributed by atoms with Gasteiger partial charge in [-0.3, -0.25) is 4.31 Å². The highest BCUT2D eigenvalue weighted by Crippen LogP contribution is 2.29.